The number of hydrogen-bond donors (Lipinski definition) is 0. The van der Waals surface area contributed by atoms with E-state index in [-0.39, 0.29) is 0 Å². The second kappa shape index (κ2) is 3.74. The van der Waals surface area contributed by atoms with Gasteiger partial charge in [0.15, 0.2) is 0 Å². The summed E-state index contributed by atoms with van der Waals surface area (Å²) >= 11 is 3.54. The summed E-state index contributed by atoms with van der Waals surface area (Å²) in [5.41, 5.74) is 0. The van der Waals surface area contributed by atoms with E-state index in [2.05, 4.69) is 30.8 Å². The minimum Gasteiger partial charge on any atom is -0.352 e. The quantitative estimate of drug-likeness (QED) is 0.784. The molecule has 0 radical (unpaired) electrons. The predicted octanol–water partition coefficient (Wildman–Crippen LogP) is 2.62. The summed E-state index contributed by atoms with van der Waals surface area (Å²) in [6.45, 7) is 1.16. The molecular weight excluding hydrogens is 254 g/mol. The van der Waals surface area contributed by atoms with Gasteiger partial charge in [0, 0.05) is 18.8 Å². The summed E-state index contributed by atoms with van der Waals surface area (Å²) in [6, 6.07) is 0.733. The van der Waals surface area contributed by atoms with E-state index in [0.717, 1.165) is 28.8 Å². The Morgan fingerprint density at radius 2 is 2.27 bits per heavy atom. The van der Waals surface area contributed by atoms with Crippen molar-refractivity contribution in [3.63, 3.8) is 0 Å². The molecule has 1 saturated carbocycles. The van der Waals surface area contributed by atoms with Crippen LogP contribution in [0.1, 0.15) is 25.7 Å². The van der Waals surface area contributed by atoms with Crippen molar-refractivity contribution in [2.45, 2.75) is 31.7 Å². The third-order valence-electron chi connectivity index (χ3n) is 3.68. The molecule has 1 saturated heterocycles. The first-order valence-electron chi connectivity index (χ1n) is 5.58. The molecule has 0 spiro atoms. The van der Waals surface area contributed by atoms with E-state index in [1.807, 2.05) is 6.20 Å². The van der Waals surface area contributed by atoms with Gasteiger partial charge in [-0.2, -0.15) is 0 Å². The van der Waals surface area contributed by atoms with Gasteiger partial charge in [0.2, 0.25) is 0 Å². The van der Waals surface area contributed by atoms with Crippen molar-refractivity contribution in [3.05, 3.63) is 17.0 Å². The molecule has 80 valence electrons. The molecule has 2 aliphatic rings. The number of nitrogens with zero attached hydrogens (tertiary/aromatic N) is 3. The van der Waals surface area contributed by atoms with E-state index >= 15 is 0 Å². The van der Waals surface area contributed by atoms with Gasteiger partial charge >= 0.3 is 0 Å². The van der Waals surface area contributed by atoms with Crippen LogP contribution in [0.3, 0.4) is 0 Å². The first kappa shape index (κ1) is 9.58. The molecule has 0 aromatic carbocycles. The highest BCUT2D eigenvalue weighted by molar-refractivity contribution is 9.10. The Morgan fingerprint density at radius 1 is 1.33 bits per heavy atom. The van der Waals surface area contributed by atoms with Gasteiger partial charge in [0.25, 0.3) is 0 Å². The van der Waals surface area contributed by atoms with Crippen LogP contribution in [0.2, 0.25) is 0 Å². The highest BCUT2D eigenvalue weighted by atomic mass is 79.9. The average molecular weight is 268 g/mol. The second-order valence-electron chi connectivity index (χ2n) is 4.43. The molecule has 0 amide bonds. The molecule has 2 heterocycles. The summed E-state index contributed by atoms with van der Waals surface area (Å²) < 4.78 is 1.03. The number of rotatable bonds is 1. The highest BCUT2D eigenvalue weighted by Gasteiger charge is 2.38. The van der Waals surface area contributed by atoms with E-state index in [1.165, 1.54) is 25.7 Å². The SMILES string of the molecule is Brc1cncnc1N1CCC2CCCC21. The molecule has 3 rings (SSSR count). The van der Waals surface area contributed by atoms with Gasteiger partial charge in [-0.3, -0.25) is 0 Å². The van der Waals surface area contributed by atoms with Crippen molar-refractivity contribution in [3.8, 4) is 0 Å². The molecule has 4 heteroatoms. The second-order valence-corrected chi connectivity index (χ2v) is 5.29. The maximum atomic E-state index is 4.39. The molecule has 2 fully saturated rings. The van der Waals surface area contributed by atoms with Crippen LogP contribution in [0, 0.1) is 5.92 Å². The summed E-state index contributed by atoms with van der Waals surface area (Å²) in [4.78, 5) is 10.9. The lowest BCUT2D eigenvalue weighted by Crippen LogP contribution is -2.30. The van der Waals surface area contributed by atoms with E-state index in [0.29, 0.717) is 0 Å². The van der Waals surface area contributed by atoms with Crippen LogP contribution >= 0.6 is 15.9 Å². The van der Waals surface area contributed by atoms with Crippen LogP contribution in [0.25, 0.3) is 0 Å². The smallest absolute Gasteiger partial charge is 0.146 e. The zero-order chi connectivity index (χ0) is 10.3. The molecular formula is C11H14BrN3. The molecule has 2 atom stereocenters. The van der Waals surface area contributed by atoms with Crippen molar-refractivity contribution >= 4 is 21.7 Å². The summed E-state index contributed by atoms with van der Waals surface area (Å²) in [5, 5.41) is 0. The molecule has 1 aliphatic heterocycles. The van der Waals surface area contributed by atoms with Crippen LogP contribution in [0.4, 0.5) is 5.82 Å². The Morgan fingerprint density at radius 3 is 3.13 bits per heavy atom. The van der Waals surface area contributed by atoms with Crippen molar-refractivity contribution in [2.75, 3.05) is 11.4 Å². The third-order valence-corrected chi connectivity index (χ3v) is 4.24. The minimum atomic E-state index is 0.733. The predicted molar refractivity (Wildman–Crippen MR) is 62.8 cm³/mol. The number of hydrogen-bond acceptors (Lipinski definition) is 3. The van der Waals surface area contributed by atoms with E-state index < -0.39 is 0 Å². The number of halogens is 1. The van der Waals surface area contributed by atoms with Gasteiger partial charge in [0.1, 0.15) is 12.1 Å². The summed E-state index contributed by atoms with van der Waals surface area (Å²) in [6.07, 6.45) is 8.94. The highest BCUT2D eigenvalue weighted by Crippen LogP contribution is 2.41. The van der Waals surface area contributed by atoms with Gasteiger partial charge < -0.3 is 4.90 Å². The normalized spacial score (nSPS) is 29.5. The lowest BCUT2D eigenvalue weighted by Gasteiger charge is -2.25. The lowest BCUT2D eigenvalue weighted by atomic mass is 10.1. The monoisotopic (exact) mass is 267 g/mol. The molecule has 1 aliphatic carbocycles. The first-order valence-corrected chi connectivity index (χ1v) is 6.37. The lowest BCUT2D eigenvalue weighted by molar-refractivity contribution is 0.540. The maximum Gasteiger partial charge on any atom is 0.146 e. The summed E-state index contributed by atoms with van der Waals surface area (Å²) in [5.74, 6) is 1.99. The fourth-order valence-electron chi connectivity index (χ4n) is 3.02. The number of fused-ring (bicyclic) bond motifs is 1. The van der Waals surface area contributed by atoms with Gasteiger partial charge in [-0.05, 0) is 41.1 Å². The van der Waals surface area contributed by atoms with Crippen molar-refractivity contribution in [1.82, 2.24) is 9.97 Å². The van der Waals surface area contributed by atoms with E-state index in [4.69, 9.17) is 0 Å². The maximum absolute atomic E-state index is 4.39. The fourth-order valence-corrected chi connectivity index (χ4v) is 3.46. The molecule has 1 aromatic rings. The van der Waals surface area contributed by atoms with Crippen LogP contribution in [-0.4, -0.2) is 22.6 Å². The van der Waals surface area contributed by atoms with Crippen LogP contribution < -0.4 is 4.90 Å². The fraction of sp³-hybridized carbons (Fsp3) is 0.636. The molecule has 2 unspecified atom stereocenters. The zero-order valence-electron chi connectivity index (χ0n) is 8.56. The van der Waals surface area contributed by atoms with E-state index in [1.54, 1.807) is 6.33 Å². The van der Waals surface area contributed by atoms with Crippen LogP contribution in [0.15, 0.2) is 17.0 Å². The van der Waals surface area contributed by atoms with Crippen molar-refractivity contribution in [1.29, 1.82) is 0 Å². The van der Waals surface area contributed by atoms with Crippen molar-refractivity contribution in [2.24, 2.45) is 5.92 Å². The third kappa shape index (κ3) is 1.55. The average Bonchev–Trinajstić information content (AvgIpc) is 2.80. The van der Waals surface area contributed by atoms with Gasteiger partial charge in [0.05, 0.1) is 4.47 Å². The molecule has 0 N–H and O–H groups in total. The van der Waals surface area contributed by atoms with Crippen molar-refractivity contribution < 1.29 is 0 Å². The van der Waals surface area contributed by atoms with Gasteiger partial charge in [-0.1, -0.05) is 6.42 Å². The Kier molecular flexibility index (Phi) is 2.39. The van der Waals surface area contributed by atoms with Crippen LogP contribution in [0.5, 0.6) is 0 Å². The standard InChI is InChI=1S/C11H14BrN3/c12-9-6-13-7-14-11(9)15-5-4-8-2-1-3-10(8)15/h6-8,10H,1-5H2. The summed E-state index contributed by atoms with van der Waals surface area (Å²) in [7, 11) is 0. The molecule has 0 bridgehead atoms. The van der Waals surface area contributed by atoms with E-state index in [9.17, 15) is 0 Å². The van der Waals surface area contributed by atoms with Gasteiger partial charge in [-0.15, -0.1) is 0 Å². The number of anilines is 1. The first-order chi connectivity index (χ1) is 7.36. The Balaban J connectivity index is 1.91. The topological polar surface area (TPSA) is 29.0 Å². The number of aromatic nitrogens is 2. The van der Waals surface area contributed by atoms with Gasteiger partial charge in [-0.25, -0.2) is 9.97 Å². The Labute approximate surface area is 98.0 Å². The zero-order valence-corrected chi connectivity index (χ0v) is 10.2. The molecule has 15 heavy (non-hydrogen) atoms. The molecule has 3 nitrogen and oxygen atoms in total. The van der Waals surface area contributed by atoms with Crippen LogP contribution in [-0.2, 0) is 0 Å². The Bertz CT molecular complexity index is 369. The Hall–Kier alpha value is -0.640. The minimum absolute atomic E-state index is 0.733. The largest absolute Gasteiger partial charge is 0.352 e. The molecule has 1 aromatic heterocycles.